The quantitative estimate of drug-likeness (QED) is 0.300. The summed E-state index contributed by atoms with van der Waals surface area (Å²) in [6.45, 7) is 0. The smallest absolute Gasteiger partial charge is 0.871 e. The van der Waals surface area contributed by atoms with Crippen molar-refractivity contribution in [2.75, 3.05) is 10.5 Å². The van der Waals surface area contributed by atoms with E-state index in [4.69, 9.17) is 5.73 Å². The second-order valence-electron chi connectivity index (χ2n) is 4.29. The number of nitrogens with two attached hydrogens (primary N) is 1. The summed E-state index contributed by atoms with van der Waals surface area (Å²) >= 11 is 0. The molecule has 2 rings (SSSR count). The molecule has 0 aliphatic rings. The van der Waals surface area contributed by atoms with E-state index < -0.39 is 30.8 Å². The van der Waals surface area contributed by atoms with Crippen LogP contribution in [0.5, 0.6) is 5.75 Å². The molecule has 12 heteroatoms. The van der Waals surface area contributed by atoms with E-state index in [9.17, 15) is 26.5 Å². The summed E-state index contributed by atoms with van der Waals surface area (Å²) in [7, 11) is -8.78. The van der Waals surface area contributed by atoms with Gasteiger partial charge in [0.2, 0.25) is 0 Å². The van der Waals surface area contributed by atoms with E-state index in [1.165, 1.54) is 12.1 Å². The van der Waals surface area contributed by atoms with Gasteiger partial charge >= 0.3 is 59.1 Å². The minimum Gasteiger partial charge on any atom is -0.871 e. The van der Waals surface area contributed by atoms with Crippen molar-refractivity contribution < 1.29 is 85.6 Å². The summed E-state index contributed by atoms with van der Waals surface area (Å²) in [4.78, 5) is -0.831. The molecule has 24 heavy (non-hydrogen) atoms. The summed E-state index contributed by atoms with van der Waals surface area (Å²) in [5, 5.41) is 11.2. The number of benzene rings is 2. The van der Waals surface area contributed by atoms with Gasteiger partial charge in [-0.05, 0) is 30.3 Å². The summed E-state index contributed by atoms with van der Waals surface area (Å²) in [6, 6.07) is 7.49. The Bertz CT molecular complexity index is 932. The third-order valence-electron chi connectivity index (χ3n) is 2.67. The van der Waals surface area contributed by atoms with E-state index in [1.54, 1.807) is 0 Å². The topological polar surface area (TPSA) is 152 Å². The van der Waals surface area contributed by atoms with Gasteiger partial charge in [0.15, 0.2) is 0 Å². The molecule has 0 fully saturated rings. The Balaban J connectivity index is 0.00000264. The molecule has 0 unspecified atom stereocenters. The minimum atomic E-state index is -4.70. The number of hydrogen-bond donors (Lipinski definition) is 2. The predicted molar refractivity (Wildman–Crippen MR) is 75.5 cm³/mol. The van der Waals surface area contributed by atoms with Crippen molar-refractivity contribution in [1.29, 1.82) is 0 Å². The molecule has 0 heterocycles. The molecule has 8 nitrogen and oxygen atoms in total. The largest absolute Gasteiger partial charge is 1.00 e. The molecule has 0 radical (unpaired) electrons. The van der Waals surface area contributed by atoms with E-state index in [-0.39, 0.29) is 75.4 Å². The Hall–Kier alpha value is -0.300. The fourth-order valence-electron chi connectivity index (χ4n) is 1.62. The Labute approximate surface area is 183 Å². The summed E-state index contributed by atoms with van der Waals surface area (Å²) in [6.07, 6.45) is 0. The van der Waals surface area contributed by atoms with Crippen LogP contribution in [0.2, 0.25) is 0 Å². The van der Waals surface area contributed by atoms with Crippen LogP contribution < -0.4 is 74.7 Å². The van der Waals surface area contributed by atoms with E-state index in [0.717, 1.165) is 30.3 Å². The van der Waals surface area contributed by atoms with Crippen LogP contribution in [0.3, 0.4) is 0 Å². The molecule has 2 aromatic carbocycles. The van der Waals surface area contributed by atoms with E-state index in [1.807, 2.05) is 0 Å². The molecular formula is C12H10N2Na2O6S2. The number of hydrogen-bond acceptors (Lipinski definition) is 7. The fraction of sp³-hybridized carbons (Fsp3) is 0. The maximum absolute atomic E-state index is 12.1. The molecule has 0 aliphatic heterocycles. The van der Waals surface area contributed by atoms with E-state index in [0.29, 0.717) is 0 Å². The van der Waals surface area contributed by atoms with Crippen molar-refractivity contribution in [3.63, 3.8) is 0 Å². The zero-order valence-corrected chi connectivity index (χ0v) is 18.5. The van der Waals surface area contributed by atoms with Crippen LogP contribution in [0.25, 0.3) is 0 Å². The van der Waals surface area contributed by atoms with Crippen molar-refractivity contribution in [3.05, 3.63) is 42.5 Å². The second kappa shape index (κ2) is 8.88. The molecule has 0 saturated heterocycles. The molecule has 0 aromatic heterocycles. The Morgan fingerprint density at radius 3 is 2.08 bits per heavy atom. The van der Waals surface area contributed by atoms with Crippen molar-refractivity contribution in [2.45, 2.75) is 9.79 Å². The first-order valence-corrected chi connectivity index (χ1v) is 8.64. The van der Waals surface area contributed by atoms with Gasteiger partial charge in [0.1, 0.15) is 10.1 Å². The maximum atomic E-state index is 12.1. The van der Waals surface area contributed by atoms with Crippen LogP contribution in [0, 0.1) is 0 Å². The zero-order valence-electron chi connectivity index (χ0n) is 12.9. The van der Waals surface area contributed by atoms with Crippen molar-refractivity contribution in [2.24, 2.45) is 0 Å². The van der Waals surface area contributed by atoms with E-state index in [2.05, 4.69) is 4.72 Å². The normalized spacial score (nSPS) is 11.0. The number of nitrogen functional groups attached to an aromatic ring is 1. The molecule has 0 aliphatic carbocycles. The Morgan fingerprint density at radius 1 is 0.917 bits per heavy atom. The molecular weight excluding hydrogens is 378 g/mol. The average Bonchev–Trinajstić information content (AvgIpc) is 2.40. The van der Waals surface area contributed by atoms with Gasteiger partial charge in [0.05, 0.1) is 15.5 Å². The first-order valence-electron chi connectivity index (χ1n) is 5.75. The molecule has 0 atom stereocenters. The van der Waals surface area contributed by atoms with Gasteiger partial charge < -0.3 is 15.4 Å². The Kier molecular flexibility index (Phi) is 8.77. The van der Waals surface area contributed by atoms with Crippen LogP contribution >= 0.6 is 0 Å². The summed E-state index contributed by atoms with van der Waals surface area (Å²) in [5.41, 5.74) is 5.02. The van der Waals surface area contributed by atoms with Gasteiger partial charge in [0, 0.05) is 5.69 Å². The average molecular weight is 388 g/mol. The van der Waals surface area contributed by atoms with Crippen LogP contribution in [0.4, 0.5) is 11.4 Å². The van der Waals surface area contributed by atoms with Crippen molar-refractivity contribution in [3.8, 4) is 5.75 Å². The number of anilines is 2. The maximum Gasteiger partial charge on any atom is 1.00 e. The first-order chi connectivity index (χ1) is 10.1. The van der Waals surface area contributed by atoms with Crippen LogP contribution in [0.1, 0.15) is 0 Å². The van der Waals surface area contributed by atoms with Gasteiger partial charge in [-0.1, -0.05) is 17.9 Å². The molecule has 0 amide bonds. The molecule has 0 bridgehead atoms. The van der Waals surface area contributed by atoms with Crippen molar-refractivity contribution >= 4 is 31.5 Å². The number of nitrogens with one attached hydrogen (secondary N) is 1. The van der Waals surface area contributed by atoms with E-state index >= 15 is 0 Å². The molecule has 2 aromatic rings. The van der Waals surface area contributed by atoms with Crippen LogP contribution in [-0.4, -0.2) is 21.4 Å². The molecule has 3 N–H and O–H groups in total. The molecule has 0 saturated carbocycles. The number of rotatable bonds is 4. The van der Waals surface area contributed by atoms with Crippen molar-refractivity contribution in [1.82, 2.24) is 0 Å². The fourth-order valence-corrected chi connectivity index (χ4v) is 3.22. The molecule has 118 valence electrons. The zero-order chi connectivity index (χ0) is 16.5. The van der Waals surface area contributed by atoms with Gasteiger partial charge in [-0.25, -0.2) is 16.8 Å². The van der Waals surface area contributed by atoms with Gasteiger partial charge in [-0.2, -0.15) is 0 Å². The third-order valence-corrected chi connectivity index (χ3v) is 4.88. The van der Waals surface area contributed by atoms with Gasteiger partial charge in [-0.15, -0.1) is 0 Å². The third kappa shape index (κ3) is 5.90. The predicted octanol–water partition coefficient (Wildman–Crippen LogP) is -5.94. The first kappa shape index (κ1) is 23.7. The standard InChI is InChI=1S/C12H12N2O6S2.2Na/c13-11-7-9(4-5-12(11)15)21(16,17)14-8-2-1-3-10(6-8)22(18,19)20;;/h1-7,14-15H,13H2,(H,18,19,20);;/q;2*+1/p-2. The van der Waals surface area contributed by atoms with Gasteiger partial charge in [-0.3, -0.25) is 4.72 Å². The monoisotopic (exact) mass is 388 g/mol. The summed E-state index contributed by atoms with van der Waals surface area (Å²) < 4.78 is 59.1. The molecule has 0 spiro atoms. The minimum absolute atomic E-state index is 0. The van der Waals surface area contributed by atoms with Gasteiger partial charge in [0.25, 0.3) is 10.0 Å². The Morgan fingerprint density at radius 2 is 1.54 bits per heavy atom. The number of sulfonamides is 1. The summed E-state index contributed by atoms with van der Waals surface area (Å²) in [5.74, 6) is -0.515. The SMILES string of the molecule is Nc1cc(S(=O)(=O)Nc2cccc(S(=O)(=O)[O-])c2)ccc1[O-].[Na+].[Na+]. The second-order valence-corrected chi connectivity index (χ2v) is 7.35. The van der Waals surface area contributed by atoms with Crippen LogP contribution in [0.15, 0.2) is 52.3 Å². The van der Waals surface area contributed by atoms with Crippen LogP contribution in [-0.2, 0) is 20.1 Å².